The van der Waals surface area contributed by atoms with Crippen molar-refractivity contribution in [1.82, 2.24) is 14.2 Å². The van der Waals surface area contributed by atoms with Crippen LogP contribution in [0.25, 0.3) is 16.9 Å². The van der Waals surface area contributed by atoms with Crippen LogP contribution >= 0.6 is 0 Å². The van der Waals surface area contributed by atoms with Gasteiger partial charge in [0.15, 0.2) is 0 Å². The van der Waals surface area contributed by atoms with Crippen molar-refractivity contribution in [2.45, 2.75) is 19.4 Å². The number of hydrogen-bond donors (Lipinski definition) is 0. The minimum atomic E-state index is -3.64. The Balaban J connectivity index is 1.68. The fourth-order valence-corrected chi connectivity index (χ4v) is 5.32. The summed E-state index contributed by atoms with van der Waals surface area (Å²) in [5.41, 5.74) is 5.81. The molecular formula is C27H26N4O3S. The summed E-state index contributed by atoms with van der Waals surface area (Å²) in [5, 5.41) is 9.48. The molecule has 0 bridgehead atoms. The lowest BCUT2D eigenvalue weighted by molar-refractivity contribution is 0.375. The number of rotatable bonds is 6. The highest BCUT2D eigenvalue weighted by molar-refractivity contribution is 7.88. The van der Waals surface area contributed by atoms with Crippen molar-refractivity contribution in [2.75, 3.05) is 13.4 Å². The number of aromatic nitrogens is 2. The van der Waals surface area contributed by atoms with E-state index in [9.17, 15) is 8.42 Å². The van der Waals surface area contributed by atoms with Gasteiger partial charge in [-0.15, -0.1) is 0 Å². The molecule has 0 saturated heterocycles. The van der Waals surface area contributed by atoms with Crippen LogP contribution in [0.3, 0.4) is 0 Å². The first-order valence-corrected chi connectivity index (χ1v) is 13.1. The molecular weight excluding hydrogens is 460 g/mol. The van der Waals surface area contributed by atoms with Crippen molar-refractivity contribution in [3.05, 3.63) is 102 Å². The normalized spacial score (nSPS) is 15.8. The van der Waals surface area contributed by atoms with E-state index in [-0.39, 0.29) is 0 Å². The molecule has 0 amide bonds. The molecule has 1 aliphatic rings. The lowest BCUT2D eigenvalue weighted by Crippen LogP contribution is -2.26. The molecule has 0 spiro atoms. The standard InChI is InChI=1S/C27H26N4O3S/c1-19-10-9-11-20(16-19)24-17-25(31(28-24)35(3,32)33)23-18-30(21-12-5-4-6-13-21)29-27(23)22-14-7-8-15-26(22)34-2/h4-16,18,25H,17H2,1-3H3. The summed E-state index contributed by atoms with van der Waals surface area (Å²) in [6.07, 6.45) is 3.51. The third kappa shape index (κ3) is 4.44. The van der Waals surface area contributed by atoms with E-state index in [1.165, 1.54) is 10.7 Å². The molecule has 35 heavy (non-hydrogen) atoms. The summed E-state index contributed by atoms with van der Waals surface area (Å²) in [7, 11) is -2.03. The molecule has 7 nitrogen and oxygen atoms in total. The number of sulfonamides is 1. The first-order chi connectivity index (χ1) is 16.8. The zero-order valence-corrected chi connectivity index (χ0v) is 20.6. The monoisotopic (exact) mass is 486 g/mol. The molecule has 2 heterocycles. The van der Waals surface area contributed by atoms with Crippen molar-refractivity contribution >= 4 is 15.7 Å². The van der Waals surface area contributed by atoms with Crippen LogP contribution < -0.4 is 4.74 Å². The molecule has 1 unspecified atom stereocenters. The Morgan fingerprint density at radius 3 is 2.43 bits per heavy atom. The number of nitrogens with zero attached hydrogens (tertiary/aromatic N) is 4. The molecule has 3 aromatic carbocycles. The molecule has 8 heteroatoms. The van der Waals surface area contributed by atoms with E-state index in [1.807, 2.05) is 92.0 Å². The Hall–Kier alpha value is -3.91. The van der Waals surface area contributed by atoms with Gasteiger partial charge in [0.1, 0.15) is 11.4 Å². The number of hydrazone groups is 1. The minimum absolute atomic E-state index is 0.430. The molecule has 5 rings (SSSR count). The topological polar surface area (TPSA) is 76.8 Å². The molecule has 0 saturated carbocycles. The quantitative estimate of drug-likeness (QED) is 0.386. The van der Waals surface area contributed by atoms with Gasteiger partial charge in [0, 0.05) is 23.7 Å². The van der Waals surface area contributed by atoms with E-state index < -0.39 is 16.1 Å². The maximum absolute atomic E-state index is 12.9. The van der Waals surface area contributed by atoms with Crippen LogP contribution in [0.15, 0.2) is 90.2 Å². The van der Waals surface area contributed by atoms with Gasteiger partial charge >= 0.3 is 0 Å². The highest BCUT2D eigenvalue weighted by Gasteiger charge is 2.37. The summed E-state index contributed by atoms with van der Waals surface area (Å²) in [4.78, 5) is 0. The van der Waals surface area contributed by atoms with E-state index >= 15 is 0 Å². The fourth-order valence-electron chi connectivity index (χ4n) is 4.42. The zero-order valence-electron chi connectivity index (χ0n) is 19.8. The predicted molar refractivity (Wildman–Crippen MR) is 137 cm³/mol. The van der Waals surface area contributed by atoms with Gasteiger partial charge in [0.2, 0.25) is 10.0 Å². The van der Waals surface area contributed by atoms with E-state index in [2.05, 4.69) is 5.10 Å². The Morgan fingerprint density at radius 2 is 1.71 bits per heavy atom. The fraction of sp³-hybridized carbons (Fsp3) is 0.185. The minimum Gasteiger partial charge on any atom is -0.496 e. The van der Waals surface area contributed by atoms with Crippen molar-refractivity contribution in [1.29, 1.82) is 0 Å². The maximum Gasteiger partial charge on any atom is 0.247 e. The van der Waals surface area contributed by atoms with Gasteiger partial charge in [-0.1, -0.05) is 60.2 Å². The lowest BCUT2D eigenvalue weighted by Gasteiger charge is -2.21. The number of aryl methyl sites for hydroxylation is 1. The first-order valence-electron chi connectivity index (χ1n) is 11.3. The molecule has 0 N–H and O–H groups in total. The number of hydrogen-bond acceptors (Lipinski definition) is 5. The SMILES string of the molecule is COc1ccccc1-c1nn(-c2ccccc2)cc1C1CC(c2cccc(C)c2)=NN1S(C)(=O)=O. The van der Waals surface area contributed by atoms with Crippen LogP contribution in [0.5, 0.6) is 5.75 Å². The van der Waals surface area contributed by atoms with Gasteiger partial charge in [0.25, 0.3) is 0 Å². The summed E-state index contributed by atoms with van der Waals surface area (Å²) in [6.45, 7) is 2.01. The Bertz CT molecular complexity index is 1510. The highest BCUT2D eigenvalue weighted by Crippen LogP contribution is 2.41. The highest BCUT2D eigenvalue weighted by atomic mass is 32.2. The van der Waals surface area contributed by atoms with Crippen molar-refractivity contribution in [3.63, 3.8) is 0 Å². The second-order valence-corrected chi connectivity index (χ2v) is 10.4. The van der Waals surface area contributed by atoms with Gasteiger partial charge < -0.3 is 4.74 Å². The Labute approximate surface area is 205 Å². The first kappa shape index (κ1) is 22.9. The molecule has 178 valence electrons. The second kappa shape index (κ2) is 9.03. The molecule has 1 aliphatic heterocycles. The molecule has 0 aliphatic carbocycles. The molecule has 0 fully saturated rings. The van der Waals surface area contributed by atoms with Crippen LogP contribution in [0.1, 0.15) is 29.2 Å². The summed E-state index contributed by atoms with van der Waals surface area (Å²) < 4.78 is 34.4. The van der Waals surface area contributed by atoms with E-state index in [1.54, 1.807) is 11.8 Å². The van der Waals surface area contributed by atoms with Crippen LogP contribution in [-0.2, 0) is 10.0 Å². The third-order valence-electron chi connectivity index (χ3n) is 6.05. The Morgan fingerprint density at radius 1 is 0.971 bits per heavy atom. The summed E-state index contributed by atoms with van der Waals surface area (Å²) in [5.74, 6) is 0.663. The van der Waals surface area contributed by atoms with Crippen LogP contribution in [-0.4, -0.2) is 41.7 Å². The molecule has 1 atom stereocenters. The van der Waals surface area contributed by atoms with Crippen molar-refractivity contribution in [2.24, 2.45) is 5.10 Å². The van der Waals surface area contributed by atoms with Crippen LogP contribution in [0, 0.1) is 6.92 Å². The Kier molecular flexibility index (Phi) is 5.90. The number of ether oxygens (including phenoxy) is 1. The van der Waals surface area contributed by atoms with Gasteiger partial charge in [0.05, 0.1) is 30.8 Å². The van der Waals surface area contributed by atoms with Gasteiger partial charge in [-0.3, -0.25) is 0 Å². The van der Waals surface area contributed by atoms with E-state index in [0.29, 0.717) is 17.9 Å². The number of benzene rings is 3. The van der Waals surface area contributed by atoms with Crippen LogP contribution in [0.2, 0.25) is 0 Å². The second-order valence-electron chi connectivity index (χ2n) is 8.59. The van der Waals surface area contributed by atoms with Crippen molar-refractivity contribution < 1.29 is 13.2 Å². The summed E-state index contributed by atoms with van der Waals surface area (Å²) >= 11 is 0. The van der Waals surface area contributed by atoms with Gasteiger partial charge in [-0.05, 0) is 36.8 Å². The van der Waals surface area contributed by atoms with Gasteiger partial charge in [-0.25, -0.2) is 13.1 Å². The number of para-hydroxylation sites is 2. The average molecular weight is 487 g/mol. The van der Waals surface area contributed by atoms with Gasteiger partial charge in [-0.2, -0.15) is 14.6 Å². The smallest absolute Gasteiger partial charge is 0.247 e. The zero-order chi connectivity index (χ0) is 24.6. The maximum atomic E-state index is 12.9. The average Bonchev–Trinajstić information content (AvgIpc) is 3.50. The summed E-state index contributed by atoms with van der Waals surface area (Å²) in [6, 6.07) is 24.8. The van der Waals surface area contributed by atoms with E-state index in [0.717, 1.165) is 33.7 Å². The predicted octanol–water partition coefficient (Wildman–Crippen LogP) is 4.97. The van der Waals surface area contributed by atoms with Crippen LogP contribution in [0.4, 0.5) is 0 Å². The molecule has 1 aromatic heterocycles. The number of methoxy groups -OCH3 is 1. The lowest BCUT2D eigenvalue weighted by atomic mass is 9.96. The van der Waals surface area contributed by atoms with E-state index in [4.69, 9.17) is 9.84 Å². The molecule has 0 radical (unpaired) electrons. The largest absolute Gasteiger partial charge is 0.496 e. The van der Waals surface area contributed by atoms with Crippen molar-refractivity contribution in [3.8, 4) is 22.7 Å². The molecule has 4 aromatic rings. The third-order valence-corrected chi connectivity index (χ3v) is 7.06.